The van der Waals surface area contributed by atoms with Crippen molar-refractivity contribution in [2.24, 2.45) is 0 Å². The van der Waals surface area contributed by atoms with Crippen molar-refractivity contribution >= 4 is 16.5 Å². The Bertz CT molecular complexity index is 879. The van der Waals surface area contributed by atoms with Gasteiger partial charge in [0.15, 0.2) is 0 Å². The van der Waals surface area contributed by atoms with Gasteiger partial charge in [-0.05, 0) is 63.0 Å². The number of fused-ring (bicyclic) bond motifs is 1. The van der Waals surface area contributed by atoms with E-state index < -0.39 is 6.10 Å². The van der Waals surface area contributed by atoms with Gasteiger partial charge in [0, 0.05) is 5.39 Å². The van der Waals surface area contributed by atoms with Gasteiger partial charge >= 0.3 is 0 Å². The first-order chi connectivity index (χ1) is 13.7. The molecule has 3 heteroatoms. The lowest BCUT2D eigenvalue weighted by atomic mass is 9.96. The molecule has 28 heavy (non-hydrogen) atoms. The van der Waals surface area contributed by atoms with Crippen LogP contribution in [-0.2, 0) is 0 Å². The zero-order valence-electron chi connectivity index (χ0n) is 17.1. The third-order valence-corrected chi connectivity index (χ3v) is 5.36. The summed E-state index contributed by atoms with van der Waals surface area (Å²) in [6.07, 6.45) is 14.4. The highest BCUT2D eigenvalue weighted by Crippen LogP contribution is 2.31. The Morgan fingerprint density at radius 2 is 1.93 bits per heavy atom. The number of aliphatic hydroxyl groups is 1. The first-order valence-electron chi connectivity index (χ1n) is 10.5. The molecule has 2 N–H and O–H groups in total. The van der Waals surface area contributed by atoms with Crippen LogP contribution < -0.4 is 5.32 Å². The second-order valence-electron chi connectivity index (χ2n) is 7.65. The molecule has 1 aliphatic carbocycles. The molecule has 0 fully saturated rings. The van der Waals surface area contributed by atoms with Crippen LogP contribution in [0.3, 0.4) is 0 Å². The number of pyridine rings is 1. The molecule has 0 radical (unpaired) electrons. The van der Waals surface area contributed by atoms with Crippen molar-refractivity contribution in [3.05, 3.63) is 71.5 Å². The number of aromatic nitrogens is 1. The highest BCUT2D eigenvalue weighted by molar-refractivity contribution is 5.85. The molecule has 1 heterocycles. The van der Waals surface area contributed by atoms with Gasteiger partial charge in [-0.15, -0.1) is 0 Å². The lowest BCUT2D eigenvalue weighted by Crippen LogP contribution is -2.07. The van der Waals surface area contributed by atoms with Crippen LogP contribution in [0.2, 0.25) is 0 Å². The average molecular weight is 377 g/mol. The van der Waals surface area contributed by atoms with Crippen molar-refractivity contribution in [3.8, 4) is 0 Å². The maximum absolute atomic E-state index is 11.0. The van der Waals surface area contributed by atoms with Crippen LogP contribution in [0.1, 0.15) is 62.8 Å². The summed E-state index contributed by atoms with van der Waals surface area (Å²) < 4.78 is 0. The Morgan fingerprint density at radius 3 is 2.79 bits per heavy atom. The minimum atomic E-state index is -0.449. The molecule has 0 unspecified atom stereocenters. The minimum absolute atomic E-state index is 0.449. The Kier molecular flexibility index (Phi) is 7.58. The lowest BCUT2D eigenvalue weighted by molar-refractivity contribution is 0.164. The summed E-state index contributed by atoms with van der Waals surface area (Å²) in [7, 11) is 1.99. The fraction of sp³-hybridized carbons (Fsp3) is 0.400. The SMILES string of the molecule is CNCCCCCC[C@H](O)c1cc(C2=CC=C(C)C=CC2)nc2ccccc12. The Labute approximate surface area is 168 Å². The number of para-hydroxylation sites is 1. The van der Waals surface area contributed by atoms with Crippen molar-refractivity contribution < 1.29 is 5.11 Å². The van der Waals surface area contributed by atoms with Gasteiger partial charge in [-0.2, -0.15) is 0 Å². The first kappa shape index (κ1) is 20.5. The molecule has 0 saturated heterocycles. The summed E-state index contributed by atoms with van der Waals surface area (Å²) in [4.78, 5) is 4.89. The smallest absolute Gasteiger partial charge is 0.0797 e. The van der Waals surface area contributed by atoms with Gasteiger partial charge in [0.1, 0.15) is 0 Å². The van der Waals surface area contributed by atoms with Gasteiger partial charge in [-0.3, -0.25) is 0 Å². The molecule has 0 amide bonds. The Balaban J connectivity index is 1.81. The monoisotopic (exact) mass is 376 g/mol. The zero-order valence-corrected chi connectivity index (χ0v) is 17.1. The van der Waals surface area contributed by atoms with Crippen molar-refractivity contribution in [1.29, 1.82) is 0 Å². The molecule has 0 saturated carbocycles. The second kappa shape index (κ2) is 10.4. The summed E-state index contributed by atoms with van der Waals surface area (Å²) in [6, 6.07) is 10.3. The number of allylic oxidation sites excluding steroid dienone is 6. The molecule has 0 bridgehead atoms. The van der Waals surface area contributed by atoms with E-state index in [9.17, 15) is 5.11 Å². The molecule has 3 nitrogen and oxygen atoms in total. The Morgan fingerprint density at radius 1 is 1.11 bits per heavy atom. The predicted molar refractivity (Wildman–Crippen MR) is 119 cm³/mol. The molecule has 0 spiro atoms. The van der Waals surface area contributed by atoms with E-state index in [-0.39, 0.29) is 0 Å². The lowest BCUT2D eigenvalue weighted by Gasteiger charge is -2.16. The second-order valence-corrected chi connectivity index (χ2v) is 7.65. The number of benzene rings is 1. The van der Waals surface area contributed by atoms with Gasteiger partial charge in [-0.25, -0.2) is 4.98 Å². The molecule has 0 aliphatic heterocycles. The molecule has 148 valence electrons. The normalized spacial score (nSPS) is 15.2. The maximum Gasteiger partial charge on any atom is 0.0797 e. The van der Waals surface area contributed by atoms with E-state index in [1.807, 2.05) is 25.2 Å². The first-order valence-corrected chi connectivity index (χ1v) is 10.5. The van der Waals surface area contributed by atoms with Gasteiger partial charge < -0.3 is 10.4 Å². The number of aliphatic hydroxyl groups excluding tert-OH is 1. The van der Waals surface area contributed by atoms with Crippen molar-refractivity contribution in [2.45, 2.75) is 51.6 Å². The van der Waals surface area contributed by atoms with Crippen molar-refractivity contribution in [3.63, 3.8) is 0 Å². The number of nitrogens with one attached hydrogen (secondary N) is 1. The molecular weight excluding hydrogens is 344 g/mol. The number of unbranched alkanes of at least 4 members (excludes halogenated alkanes) is 3. The third-order valence-electron chi connectivity index (χ3n) is 5.36. The van der Waals surface area contributed by atoms with Crippen LogP contribution >= 0.6 is 0 Å². The standard InChI is InChI=1S/C25H32N2O/c1-19-10-9-11-20(16-15-19)24-18-22(21-12-6-7-13-23(21)27-24)25(28)14-5-3-4-8-17-26-2/h6-7,9-10,12-13,15-16,18,25-26,28H,3-5,8,11,14,17H2,1-2H3/t25-/m0/s1. The molecule has 2 aromatic rings. The molecule has 1 aromatic heterocycles. The highest BCUT2D eigenvalue weighted by atomic mass is 16.3. The summed E-state index contributed by atoms with van der Waals surface area (Å²) in [5.74, 6) is 0. The quantitative estimate of drug-likeness (QED) is 0.550. The van der Waals surface area contributed by atoms with Crippen LogP contribution in [-0.4, -0.2) is 23.7 Å². The van der Waals surface area contributed by atoms with Crippen LogP contribution in [0.25, 0.3) is 16.5 Å². The van der Waals surface area contributed by atoms with E-state index in [1.165, 1.54) is 24.0 Å². The number of nitrogens with zero attached hydrogens (tertiary/aromatic N) is 1. The summed E-state index contributed by atoms with van der Waals surface area (Å²) in [5.41, 5.74) is 5.37. The predicted octanol–water partition coefficient (Wildman–Crippen LogP) is 5.73. The van der Waals surface area contributed by atoms with Gasteiger partial charge in [0.25, 0.3) is 0 Å². The third kappa shape index (κ3) is 5.40. The fourth-order valence-electron chi connectivity index (χ4n) is 3.71. The highest BCUT2D eigenvalue weighted by Gasteiger charge is 2.15. The van der Waals surface area contributed by atoms with Crippen LogP contribution in [0.4, 0.5) is 0 Å². The van der Waals surface area contributed by atoms with Crippen molar-refractivity contribution in [2.75, 3.05) is 13.6 Å². The van der Waals surface area contributed by atoms with Crippen molar-refractivity contribution in [1.82, 2.24) is 10.3 Å². The fourth-order valence-corrected chi connectivity index (χ4v) is 3.71. The van der Waals surface area contributed by atoms with Gasteiger partial charge in [0.05, 0.1) is 17.3 Å². The topological polar surface area (TPSA) is 45.1 Å². The van der Waals surface area contributed by atoms with E-state index in [0.29, 0.717) is 0 Å². The molecule has 3 rings (SSSR count). The zero-order chi connectivity index (χ0) is 19.8. The number of hydrogen-bond donors (Lipinski definition) is 2. The number of rotatable bonds is 9. The minimum Gasteiger partial charge on any atom is -0.388 e. The van der Waals surface area contributed by atoms with Crippen LogP contribution in [0.5, 0.6) is 0 Å². The maximum atomic E-state index is 11.0. The molecular formula is C25H32N2O. The van der Waals surface area contributed by atoms with E-state index in [4.69, 9.17) is 4.98 Å². The summed E-state index contributed by atoms with van der Waals surface area (Å²) in [5, 5.41) is 15.2. The molecule has 1 atom stereocenters. The van der Waals surface area contributed by atoms with E-state index >= 15 is 0 Å². The largest absolute Gasteiger partial charge is 0.388 e. The van der Waals surface area contributed by atoms with E-state index in [2.05, 4.69) is 48.7 Å². The summed E-state index contributed by atoms with van der Waals surface area (Å²) in [6.45, 7) is 3.17. The van der Waals surface area contributed by atoms with Gasteiger partial charge in [-0.1, -0.05) is 67.3 Å². The van der Waals surface area contributed by atoms with Gasteiger partial charge in [0.2, 0.25) is 0 Å². The van der Waals surface area contributed by atoms with E-state index in [1.54, 1.807) is 0 Å². The van der Waals surface area contributed by atoms with E-state index in [0.717, 1.165) is 54.4 Å². The molecule has 1 aliphatic rings. The average Bonchev–Trinajstić information content (AvgIpc) is 2.94. The summed E-state index contributed by atoms with van der Waals surface area (Å²) >= 11 is 0. The number of hydrogen-bond acceptors (Lipinski definition) is 3. The Hall–Kier alpha value is -2.23. The molecule has 1 aromatic carbocycles. The van der Waals surface area contributed by atoms with Crippen LogP contribution in [0, 0.1) is 0 Å². The van der Waals surface area contributed by atoms with Crippen LogP contribution in [0.15, 0.2) is 60.2 Å².